The van der Waals surface area contributed by atoms with Crippen LogP contribution in [0.2, 0.25) is 0 Å². The second-order valence-corrected chi connectivity index (χ2v) is 12.3. The van der Waals surface area contributed by atoms with Crippen molar-refractivity contribution in [3.8, 4) is 0 Å². The summed E-state index contributed by atoms with van der Waals surface area (Å²) < 4.78 is 0. The van der Waals surface area contributed by atoms with Crippen molar-refractivity contribution in [2.24, 2.45) is 5.92 Å². The number of amides is 1. The third kappa shape index (κ3) is 5.65. The summed E-state index contributed by atoms with van der Waals surface area (Å²) in [7, 11) is 0. The predicted molar refractivity (Wildman–Crippen MR) is 165 cm³/mol. The van der Waals surface area contributed by atoms with Crippen LogP contribution < -0.4 is 5.32 Å². The Bertz CT molecular complexity index is 1450. The highest BCUT2D eigenvalue weighted by atomic mass is 32.1. The number of carbonyl (C=O) groups excluding carboxylic acids is 2. The summed E-state index contributed by atoms with van der Waals surface area (Å²) in [5.41, 5.74) is 3.17. The largest absolute Gasteiger partial charge is 0.380 e. The lowest BCUT2D eigenvalue weighted by Crippen LogP contribution is -2.46. The number of likely N-dealkylation sites (tertiary alicyclic amines) is 1. The number of benzene rings is 3. The molecule has 6 heteroatoms. The van der Waals surface area contributed by atoms with E-state index in [2.05, 4.69) is 10.2 Å². The van der Waals surface area contributed by atoms with Gasteiger partial charge in [-0.1, -0.05) is 91.0 Å². The molecule has 2 N–H and O–H groups in total. The highest BCUT2D eigenvalue weighted by Crippen LogP contribution is 2.42. The van der Waals surface area contributed by atoms with Crippen molar-refractivity contribution in [1.82, 2.24) is 4.90 Å². The van der Waals surface area contributed by atoms with Crippen molar-refractivity contribution in [3.63, 3.8) is 0 Å². The van der Waals surface area contributed by atoms with E-state index < -0.39 is 5.60 Å². The lowest BCUT2D eigenvalue weighted by Gasteiger charge is -2.42. The van der Waals surface area contributed by atoms with Crippen LogP contribution in [-0.4, -0.2) is 41.3 Å². The minimum atomic E-state index is -1.08. The summed E-state index contributed by atoms with van der Waals surface area (Å²) in [6, 6.07) is 29.2. The van der Waals surface area contributed by atoms with Crippen molar-refractivity contribution in [2.45, 2.75) is 44.1 Å². The van der Waals surface area contributed by atoms with Gasteiger partial charge in [0.05, 0.1) is 12.1 Å². The summed E-state index contributed by atoms with van der Waals surface area (Å²) in [6.45, 7) is 1.71. The summed E-state index contributed by atoms with van der Waals surface area (Å²) in [6.07, 6.45) is 5.59. The van der Waals surface area contributed by atoms with Crippen LogP contribution in [0.1, 0.15) is 63.2 Å². The standard InChI is InChI=1S/C35H36N2O3S/c38-31(36-34-32(29-18-10-11-19-30(29)41-34)33(39)25-12-4-1-5-13-25)24-37-22-20-28(21-23-37)35(40,26-14-6-2-7-15-26)27-16-8-3-9-17-27/h1-9,12-17,28,40H,10-11,18-24H2,(H,36,38). The maximum Gasteiger partial charge on any atom is 0.239 e. The van der Waals surface area contributed by atoms with Crippen molar-refractivity contribution in [2.75, 3.05) is 25.0 Å². The van der Waals surface area contributed by atoms with Gasteiger partial charge >= 0.3 is 0 Å². The molecule has 2 heterocycles. The van der Waals surface area contributed by atoms with Crippen LogP contribution in [0.4, 0.5) is 5.00 Å². The Balaban J connectivity index is 1.15. The molecular formula is C35H36N2O3S. The number of nitrogens with zero attached hydrogens (tertiary/aromatic N) is 1. The molecule has 0 atom stereocenters. The summed E-state index contributed by atoms with van der Waals surface area (Å²) in [5, 5.41) is 16.0. The zero-order valence-electron chi connectivity index (χ0n) is 23.2. The van der Waals surface area contributed by atoms with Crippen molar-refractivity contribution in [1.29, 1.82) is 0 Å². The van der Waals surface area contributed by atoms with Crippen molar-refractivity contribution < 1.29 is 14.7 Å². The normalized spacial score (nSPS) is 16.2. The number of aryl methyl sites for hydroxylation is 1. The average Bonchev–Trinajstić information content (AvgIpc) is 3.39. The third-order valence-electron chi connectivity index (χ3n) is 8.66. The zero-order valence-corrected chi connectivity index (χ0v) is 24.0. The lowest BCUT2D eigenvalue weighted by atomic mass is 9.72. The maximum absolute atomic E-state index is 13.6. The van der Waals surface area contributed by atoms with Crippen LogP contribution in [0.15, 0.2) is 91.0 Å². The van der Waals surface area contributed by atoms with Gasteiger partial charge in [-0.3, -0.25) is 14.5 Å². The second kappa shape index (κ2) is 12.1. The Morgan fingerprint density at radius 3 is 2.00 bits per heavy atom. The molecule has 5 nitrogen and oxygen atoms in total. The van der Waals surface area contributed by atoms with Gasteiger partial charge in [0, 0.05) is 10.4 Å². The molecule has 210 valence electrons. The molecule has 1 fully saturated rings. The molecule has 1 aromatic heterocycles. The van der Waals surface area contributed by atoms with E-state index in [1.807, 2.05) is 91.0 Å². The zero-order chi connectivity index (χ0) is 28.2. The number of nitrogens with one attached hydrogen (secondary N) is 1. The van der Waals surface area contributed by atoms with E-state index >= 15 is 0 Å². The molecule has 0 radical (unpaired) electrons. The number of fused-ring (bicyclic) bond motifs is 1. The number of piperidine rings is 1. The van der Waals surface area contributed by atoms with Gasteiger partial charge in [-0.15, -0.1) is 11.3 Å². The first-order chi connectivity index (χ1) is 20.0. The van der Waals surface area contributed by atoms with E-state index in [1.54, 1.807) is 11.3 Å². The van der Waals surface area contributed by atoms with Gasteiger partial charge in [0.15, 0.2) is 5.78 Å². The van der Waals surface area contributed by atoms with E-state index in [4.69, 9.17) is 0 Å². The van der Waals surface area contributed by atoms with Gasteiger partial charge in [-0.05, 0) is 74.2 Å². The molecule has 1 amide bonds. The van der Waals surface area contributed by atoms with E-state index in [-0.39, 0.29) is 24.2 Å². The SMILES string of the molecule is O=C(CN1CCC(C(O)(c2ccccc2)c2ccccc2)CC1)Nc1sc2c(c1C(=O)c1ccccc1)CCCC2. The Morgan fingerprint density at radius 2 is 1.39 bits per heavy atom. The van der Waals surface area contributed by atoms with Gasteiger partial charge in [-0.2, -0.15) is 0 Å². The topological polar surface area (TPSA) is 69.6 Å². The Labute approximate surface area is 245 Å². The highest BCUT2D eigenvalue weighted by molar-refractivity contribution is 7.17. The number of carbonyl (C=O) groups is 2. The number of hydrogen-bond acceptors (Lipinski definition) is 5. The molecule has 1 saturated heterocycles. The number of hydrogen-bond donors (Lipinski definition) is 2. The Hall–Kier alpha value is -3.58. The third-order valence-corrected chi connectivity index (χ3v) is 9.87. The first kappa shape index (κ1) is 27.6. The lowest BCUT2D eigenvalue weighted by molar-refractivity contribution is -0.118. The molecule has 0 spiro atoms. The van der Waals surface area contributed by atoms with Crippen LogP contribution in [0.5, 0.6) is 0 Å². The minimum absolute atomic E-state index is 0.0118. The van der Waals surface area contributed by atoms with Crippen LogP contribution >= 0.6 is 11.3 Å². The van der Waals surface area contributed by atoms with E-state index in [1.165, 1.54) is 4.88 Å². The molecule has 0 unspecified atom stereocenters. The number of anilines is 1. The molecule has 4 aromatic rings. The molecule has 41 heavy (non-hydrogen) atoms. The summed E-state index contributed by atoms with van der Waals surface area (Å²) in [4.78, 5) is 30.3. The number of thiophene rings is 1. The van der Waals surface area contributed by atoms with Crippen LogP contribution in [-0.2, 0) is 23.2 Å². The van der Waals surface area contributed by atoms with Crippen LogP contribution in [0.3, 0.4) is 0 Å². The molecule has 0 bridgehead atoms. The number of ketones is 1. The molecule has 3 aromatic carbocycles. The van der Waals surface area contributed by atoms with Gasteiger partial charge < -0.3 is 10.4 Å². The van der Waals surface area contributed by atoms with E-state index in [0.717, 1.165) is 68.3 Å². The van der Waals surface area contributed by atoms with Gasteiger partial charge in [0.1, 0.15) is 10.6 Å². The van der Waals surface area contributed by atoms with Gasteiger partial charge in [0.2, 0.25) is 5.91 Å². The predicted octanol–water partition coefficient (Wildman–Crippen LogP) is 6.44. The molecule has 0 saturated carbocycles. The first-order valence-electron chi connectivity index (χ1n) is 14.6. The van der Waals surface area contributed by atoms with E-state index in [9.17, 15) is 14.7 Å². The molecule has 1 aliphatic carbocycles. The van der Waals surface area contributed by atoms with Crippen molar-refractivity contribution >= 4 is 28.0 Å². The first-order valence-corrected chi connectivity index (χ1v) is 15.5. The van der Waals surface area contributed by atoms with Crippen molar-refractivity contribution in [3.05, 3.63) is 124 Å². The minimum Gasteiger partial charge on any atom is -0.380 e. The monoisotopic (exact) mass is 564 g/mol. The summed E-state index contributed by atoms with van der Waals surface area (Å²) in [5.74, 6) is -0.0708. The van der Waals surface area contributed by atoms with Gasteiger partial charge in [-0.25, -0.2) is 0 Å². The second-order valence-electron chi connectivity index (χ2n) is 11.2. The smallest absolute Gasteiger partial charge is 0.239 e. The fourth-order valence-electron chi connectivity index (χ4n) is 6.53. The highest BCUT2D eigenvalue weighted by Gasteiger charge is 2.41. The Kier molecular flexibility index (Phi) is 8.15. The number of aliphatic hydroxyl groups is 1. The molecule has 2 aliphatic rings. The maximum atomic E-state index is 13.6. The van der Waals surface area contributed by atoms with E-state index in [0.29, 0.717) is 16.1 Å². The molecular weight excluding hydrogens is 528 g/mol. The van der Waals surface area contributed by atoms with Crippen LogP contribution in [0.25, 0.3) is 0 Å². The number of rotatable bonds is 8. The summed E-state index contributed by atoms with van der Waals surface area (Å²) >= 11 is 1.57. The van der Waals surface area contributed by atoms with Gasteiger partial charge in [0.25, 0.3) is 0 Å². The molecule has 6 rings (SSSR count). The quantitative estimate of drug-likeness (QED) is 0.242. The fraction of sp³-hybridized carbons (Fsp3) is 0.314. The molecule has 1 aliphatic heterocycles. The Morgan fingerprint density at radius 1 is 0.829 bits per heavy atom. The average molecular weight is 565 g/mol. The van der Waals surface area contributed by atoms with Crippen LogP contribution in [0, 0.1) is 5.92 Å². The fourth-order valence-corrected chi connectivity index (χ4v) is 7.83.